The molecular weight excluding hydrogens is 175 g/mol. The summed E-state index contributed by atoms with van der Waals surface area (Å²) >= 11 is 0. The van der Waals surface area contributed by atoms with Gasteiger partial charge < -0.3 is 0 Å². The molecular formula is C13H15F. The van der Waals surface area contributed by atoms with Crippen LogP contribution in [0.1, 0.15) is 18.9 Å². The Morgan fingerprint density at radius 3 is 2.57 bits per heavy atom. The van der Waals surface area contributed by atoms with Crippen LogP contribution in [0.3, 0.4) is 0 Å². The van der Waals surface area contributed by atoms with Crippen molar-refractivity contribution in [3.63, 3.8) is 0 Å². The van der Waals surface area contributed by atoms with E-state index in [0.717, 1.165) is 12.8 Å². The summed E-state index contributed by atoms with van der Waals surface area (Å²) in [6.45, 7) is 5.21. The Hall–Kier alpha value is -1.37. The van der Waals surface area contributed by atoms with Crippen molar-refractivity contribution in [3.05, 3.63) is 60.0 Å². The molecule has 14 heavy (non-hydrogen) atoms. The lowest BCUT2D eigenvalue weighted by atomic mass is 10.1. The molecule has 1 aromatic rings. The minimum absolute atomic E-state index is 0.194. The van der Waals surface area contributed by atoms with Crippen molar-refractivity contribution in [2.24, 2.45) is 0 Å². The summed E-state index contributed by atoms with van der Waals surface area (Å²) in [6.07, 6.45) is 3.19. The summed E-state index contributed by atoms with van der Waals surface area (Å²) in [7, 11) is 0. The zero-order chi connectivity index (χ0) is 10.4. The second-order valence-electron chi connectivity index (χ2n) is 3.36. The van der Waals surface area contributed by atoms with Gasteiger partial charge in [0, 0.05) is 0 Å². The lowest BCUT2D eigenvalue weighted by Gasteiger charge is -1.97. The maximum atomic E-state index is 13.0. The average molecular weight is 190 g/mol. The molecule has 1 heteroatoms. The summed E-state index contributed by atoms with van der Waals surface area (Å²) in [6, 6.07) is 10.1. The lowest BCUT2D eigenvalue weighted by molar-refractivity contribution is 0.644. The van der Waals surface area contributed by atoms with Gasteiger partial charge in [-0.2, -0.15) is 0 Å². The van der Waals surface area contributed by atoms with Gasteiger partial charge in [0.05, 0.1) is 0 Å². The number of halogens is 1. The second-order valence-corrected chi connectivity index (χ2v) is 3.36. The summed E-state index contributed by atoms with van der Waals surface area (Å²) in [5, 5.41) is 0. The topological polar surface area (TPSA) is 0 Å². The smallest absolute Gasteiger partial charge is 0.121 e. The third-order valence-corrected chi connectivity index (χ3v) is 2.01. The molecule has 0 N–H and O–H groups in total. The van der Waals surface area contributed by atoms with Gasteiger partial charge in [0.2, 0.25) is 0 Å². The number of aryl methyl sites for hydroxylation is 1. The number of hydrogen-bond donors (Lipinski definition) is 0. The van der Waals surface area contributed by atoms with E-state index in [0.29, 0.717) is 5.57 Å². The standard InChI is InChI=1S/C13H15F/c1-11(2)13(14)10-6-9-12-7-4-3-5-8-12/h3-5,7-8,10H,1,6,9H2,2H3/b13-10+. The fourth-order valence-corrected chi connectivity index (χ4v) is 1.18. The molecule has 0 spiro atoms. The number of rotatable bonds is 4. The van der Waals surface area contributed by atoms with Crippen molar-refractivity contribution in [3.8, 4) is 0 Å². The highest BCUT2D eigenvalue weighted by molar-refractivity contribution is 5.20. The van der Waals surface area contributed by atoms with Gasteiger partial charge in [0.15, 0.2) is 0 Å². The van der Waals surface area contributed by atoms with Gasteiger partial charge in [-0.05, 0) is 37.0 Å². The minimum atomic E-state index is -0.194. The van der Waals surface area contributed by atoms with Gasteiger partial charge in [0.25, 0.3) is 0 Å². The Bertz CT molecular complexity index is 322. The molecule has 1 aromatic carbocycles. The molecule has 0 saturated carbocycles. The zero-order valence-corrected chi connectivity index (χ0v) is 8.46. The number of allylic oxidation sites excluding steroid dienone is 3. The normalized spacial score (nSPS) is 11.4. The van der Waals surface area contributed by atoms with Crippen LogP contribution in [0, 0.1) is 0 Å². The third kappa shape index (κ3) is 3.56. The van der Waals surface area contributed by atoms with Crippen molar-refractivity contribution < 1.29 is 4.39 Å². The van der Waals surface area contributed by atoms with E-state index in [1.165, 1.54) is 5.56 Å². The van der Waals surface area contributed by atoms with E-state index in [1.807, 2.05) is 30.3 Å². The van der Waals surface area contributed by atoms with Crippen LogP contribution >= 0.6 is 0 Å². The van der Waals surface area contributed by atoms with E-state index < -0.39 is 0 Å². The van der Waals surface area contributed by atoms with E-state index in [-0.39, 0.29) is 5.83 Å². The molecule has 0 bridgehead atoms. The van der Waals surface area contributed by atoms with Crippen LogP contribution in [0.15, 0.2) is 54.4 Å². The fourth-order valence-electron chi connectivity index (χ4n) is 1.18. The van der Waals surface area contributed by atoms with Gasteiger partial charge in [0.1, 0.15) is 5.83 Å². The molecule has 0 nitrogen and oxygen atoms in total. The molecule has 0 heterocycles. The van der Waals surface area contributed by atoms with Gasteiger partial charge in [-0.25, -0.2) is 4.39 Å². The lowest BCUT2D eigenvalue weighted by Crippen LogP contribution is -1.83. The summed E-state index contributed by atoms with van der Waals surface area (Å²) < 4.78 is 13.0. The molecule has 0 saturated heterocycles. The summed E-state index contributed by atoms with van der Waals surface area (Å²) in [4.78, 5) is 0. The molecule has 0 unspecified atom stereocenters. The van der Waals surface area contributed by atoms with Gasteiger partial charge >= 0.3 is 0 Å². The molecule has 0 aliphatic heterocycles. The van der Waals surface area contributed by atoms with Crippen LogP contribution in [0.5, 0.6) is 0 Å². The third-order valence-electron chi connectivity index (χ3n) is 2.01. The predicted molar refractivity (Wildman–Crippen MR) is 58.8 cm³/mol. The summed E-state index contributed by atoms with van der Waals surface area (Å²) in [5.74, 6) is -0.194. The van der Waals surface area contributed by atoms with Crippen molar-refractivity contribution in [2.75, 3.05) is 0 Å². The Labute approximate surface area is 84.8 Å². The fraction of sp³-hybridized carbons (Fsp3) is 0.231. The van der Waals surface area contributed by atoms with Gasteiger partial charge in [-0.3, -0.25) is 0 Å². The molecule has 0 radical (unpaired) electrons. The maximum Gasteiger partial charge on any atom is 0.121 e. The number of benzene rings is 1. The molecule has 1 rings (SSSR count). The average Bonchev–Trinajstić information content (AvgIpc) is 2.19. The molecule has 74 valence electrons. The van der Waals surface area contributed by atoms with E-state index in [9.17, 15) is 4.39 Å². The van der Waals surface area contributed by atoms with Crippen LogP contribution in [0.2, 0.25) is 0 Å². The predicted octanol–water partition coefficient (Wildman–Crippen LogP) is 4.05. The first-order valence-electron chi connectivity index (χ1n) is 4.75. The van der Waals surface area contributed by atoms with Crippen LogP contribution in [-0.2, 0) is 6.42 Å². The van der Waals surface area contributed by atoms with Crippen molar-refractivity contribution >= 4 is 0 Å². The highest BCUT2D eigenvalue weighted by Gasteiger charge is 1.94. The van der Waals surface area contributed by atoms with Gasteiger partial charge in [-0.15, -0.1) is 0 Å². The van der Waals surface area contributed by atoms with Crippen molar-refractivity contribution in [1.29, 1.82) is 0 Å². The monoisotopic (exact) mass is 190 g/mol. The first-order valence-corrected chi connectivity index (χ1v) is 4.75. The van der Waals surface area contributed by atoms with Crippen LogP contribution in [0.4, 0.5) is 4.39 Å². The highest BCUT2D eigenvalue weighted by atomic mass is 19.1. The van der Waals surface area contributed by atoms with Crippen molar-refractivity contribution in [1.82, 2.24) is 0 Å². The maximum absolute atomic E-state index is 13.0. The second kappa shape index (κ2) is 5.38. The van der Waals surface area contributed by atoms with Gasteiger partial charge in [-0.1, -0.05) is 36.9 Å². The quantitative estimate of drug-likeness (QED) is 0.628. The Balaban J connectivity index is 2.43. The van der Waals surface area contributed by atoms with Crippen LogP contribution in [0.25, 0.3) is 0 Å². The van der Waals surface area contributed by atoms with Crippen LogP contribution in [-0.4, -0.2) is 0 Å². The molecule has 0 aliphatic carbocycles. The Morgan fingerprint density at radius 2 is 2.00 bits per heavy atom. The van der Waals surface area contributed by atoms with E-state index in [1.54, 1.807) is 13.0 Å². The first-order chi connectivity index (χ1) is 6.70. The van der Waals surface area contributed by atoms with E-state index in [2.05, 4.69) is 6.58 Å². The van der Waals surface area contributed by atoms with Crippen LogP contribution < -0.4 is 0 Å². The molecule has 0 aromatic heterocycles. The van der Waals surface area contributed by atoms with E-state index in [4.69, 9.17) is 0 Å². The first kappa shape index (κ1) is 10.7. The molecule has 0 aliphatic rings. The SMILES string of the molecule is C=C(C)/C(F)=C\CCc1ccccc1. The highest BCUT2D eigenvalue weighted by Crippen LogP contribution is 2.10. The zero-order valence-electron chi connectivity index (χ0n) is 8.46. The Morgan fingerprint density at radius 1 is 1.36 bits per heavy atom. The molecule has 0 amide bonds. The Kier molecular flexibility index (Phi) is 4.11. The molecule has 0 atom stereocenters. The largest absolute Gasteiger partial charge is 0.207 e. The van der Waals surface area contributed by atoms with Crippen molar-refractivity contribution in [2.45, 2.75) is 19.8 Å². The summed E-state index contributed by atoms with van der Waals surface area (Å²) in [5.41, 5.74) is 1.73. The minimum Gasteiger partial charge on any atom is -0.207 e. The molecule has 0 fully saturated rings. The van der Waals surface area contributed by atoms with E-state index >= 15 is 0 Å². The number of hydrogen-bond acceptors (Lipinski definition) is 0.